The maximum Gasteiger partial charge on any atom is 0.268 e. The summed E-state index contributed by atoms with van der Waals surface area (Å²) in [6, 6.07) is 16.8. The summed E-state index contributed by atoms with van der Waals surface area (Å²) in [7, 11) is 2.20. The first-order valence-electron chi connectivity index (χ1n) is 13.0. The van der Waals surface area contributed by atoms with Crippen LogP contribution in [0.25, 0.3) is 10.9 Å². The van der Waals surface area contributed by atoms with Crippen molar-refractivity contribution in [1.82, 2.24) is 20.1 Å². The Labute approximate surface area is 230 Å². The Morgan fingerprint density at radius 1 is 0.946 bits per heavy atom. The number of nitrogens with one attached hydrogen (secondary N) is 2. The van der Waals surface area contributed by atoms with Crippen molar-refractivity contribution in [2.45, 2.75) is 38.1 Å². The number of rotatable bonds is 5. The standard InChI is InChI=1S/C29H35ClN4O2.ClH/c1-29(23-6-4-3-5-7-23,32-27(35)26-19-22-18-24(30)8-9-25(22)31-26)28(36)34-16-12-21(13-17-34)20-10-14-33(2)15-11-20;/h3-9,18-21,31H,10-17H2,1-2H3,(H,32,35);1H/t29-;/m0./s1. The van der Waals surface area contributed by atoms with Crippen LogP contribution in [0, 0.1) is 11.8 Å². The van der Waals surface area contributed by atoms with Gasteiger partial charge in [-0.15, -0.1) is 12.4 Å². The second-order valence-corrected chi connectivity index (χ2v) is 11.1. The lowest BCUT2D eigenvalue weighted by atomic mass is 9.78. The normalized spacial score (nSPS) is 19.3. The highest BCUT2D eigenvalue weighted by Crippen LogP contribution is 2.34. The molecule has 1 atom stereocenters. The lowest BCUT2D eigenvalue weighted by Crippen LogP contribution is -2.57. The Morgan fingerprint density at radius 3 is 2.22 bits per heavy atom. The average Bonchev–Trinajstić information content (AvgIpc) is 3.33. The van der Waals surface area contributed by atoms with Crippen LogP contribution in [0.1, 0.15) is 48.7 Å². The van der Waals surface area contributed by atoms with E-state index in [0.717, 1.165) is 48.3 Å². The minimum absolute atomic E-state index is 0. The molecule has 2 amide bonds. The van der Waals surface area contributed by atoms with Crippen LogP contribution in [-0.2, 0) is 10.3 Å². The first kappa shape index (κ1) is 27.5. The summed E-state index contributed by atoms with van der Waals surface area (Å²) < 4.78 is 0. The summed E-state index contributed by atoms with van der Waals surface area (Å²) in [6.45, 7) is 5.63. The van der Waals surface area contributed by atoms with Crippen LogP contribution in [0.3, 0.4) is 0 Å². The molecule has 0 unspecified atom stereocenters. The second kappa shape index (κ2) is 11.5. The van der Waals surface area contributed by atoms with Gasteiger partial charge in [0.15, 0.2) is 0 Å². The number of carbonyl (C=O) groups is 2. The summed E-state index contributed by atoms with van der Waals surface area (Å²) in [6.07, 6.45) is 4.56. The van der Waals surface area contributed by atoms with Crippen LogP contribution in [-0.4, -0.2) is 59.8 Å². The molecule has 5 rings (SSSR count). The van der Waals surface area contributed by atoms with E-state index in [1.807, 2.05) is 54.3 Å². The van der Waals surface area contributed by atoms with Crippen molar-refractivity contribution >= 4 is 46.7 Å². The van der Waals surface area contributed by atoms with E-state index in [0.29, 0.717) is 16.6 Å². The van der Waals surface area contributed by atoms with Crippen molar-refractivity contribution in [2.75, 3.05) is 33.2 Å². The molecule has 2 aliphatic heterocycles. The van der Waals surface area contributed by atoms with Crippen molar-refractivity contribution in [3.05, 3.63) is 70.9 Å². The topological polar surface area (TPSA) is 68.4 Å². The maximum atomic E-state index is 14.0. The number of carbonyl (C=O) groups excluding carboxylic acids is 2. The van der Waals surface area contributed by atoms with Gasteiger partial charge in [0.05, 0.1) is 0 Å². The first-order valence-corrected chi connectivity index (χ1v) is 13.4. The van der Waals surface area contributed by atoms with Gasteiger partial charge in [-0.1, -0.05) is 41.9 Å². The monoisotopic (exact) mass is 542 g/mol. The van der Waals surface area contributed by atoms with E-state index in [-0.39, 0.29) is 24.2 Å². The number of aromatic nitrogens is 1. The maximum absolute atomic E-state index is 14.0. The lowest BCUT2D eigenvalue weighted by Gasteiger charge is -2.42. The van der Waals surface area contributed by atoms with Gasteiger partial charge in [0.25, 0.3) is 11.8 Å². The number of benzene rings is 2. The van der Waals surface area contributed by atoms with E-state index in [1.54, 1.807) is 12.1 Å². The highest BCUT2D eigenvalue weighted by atomic mass is 35.5. The number of piperidine rings is 2. The Balaban J connectivity index is 0.00000320. The van der Waals surface area contributed by atoms with Gasteiger partial charge >= 0.3 is 0 Å². The fourth-order valence-electron chi connectivity index (χ4n) is 5.93. The van der Waals surface area contributed by atoms with Gasteiger partial charge in [0, 0.05) is 29.0 Å². The number of hydrogen-bond acceptors (Lipinski definition) is 3. The molecule has 2 N–H and O–H groups in total. The van der Waals surface area contributed by atoms with Crippen LogP contribution < -0.4 is 5.32 Å². The molecule has 37 heavy (non-hydrogen) atoms. The van der Waals surface area contributed by atoms with E-state index >= 15 is 0 Å². The second-order valence-electron chi connectivity index (χ2n) is 10.6. The zero-order valence-electron chi connectivity index (χ0n) is 21.5. The quantitative estimate of drug-likeness (QED) is 0.449. The van der Waals surface area contributed by atoms with E-state index in [1.165, 1.54) is 25.9 Å². The summed E-state index contributed by atoms with van der Waals surface area (Å²) in [5, 5.41) is 4.55. The van der Waals surface area contributed by atoms with Crippen LogP contribution >= 0.6 is 24.0 Å². The lowest BCUT2D eigenvalue weighted by molar-refractivity contribution is -0.139. The third-order valence-electron chi connectivity index (χ3n) is 8.23. The summed E-state index contributed by atoms with van der Waals surface area (Å²) in [4.78, 5) is 34.9. The van der Waals surface area contributed by atoms with Gasteiger partial charge in [0.1, 0.15) is 11.2 Å². The van der Waals surface area contributed by atoms with Crippen molar-refractivity contribution in [1.29, 1.82) is 0 Å². The van der Waals surface area contributed by atoms with Crippen molar-refractivity contribution in [3.63, 3.8) is 0 Å². The van der Waals surface area contributed by atoms with E-state index in [9.17, 15) is 9.59 Å². The molecule has 2 aromatic carbocycles. The smallest absolute Gasteiger partial charge is 0.268 e. The molecule has 2 saturated heterocycles. The minimum atomic E-state index is -1.17. The number of amides is 2. The number of H-pyrrole nitrogens is 1. The number of fused-ring (bicyclic) bond motifs is 1. The zero-order valence-corrected chi connectivity index (χ0v) is 23.1. The summed E-state index contributed by atoms with van der Waals surface area (Å²) in [5.74, 6) is 1.07. The average molecular weight is 544 g/mol. The van der Waals surface area contributed by atoms with E-state index in [2.05, 4.69) is 22.2 Å². The highest BCUT2D eigenvalue weighted by Gasteiger charge is 2.42. The van der Waals surface area contributed by atoms with Crippen LogP contribution in [0.2, 0.25) is 5.02 Å². The van der Waals surface area contributed by atoms with Gasteiger partial charge in [-0.3, -0.25) is 9.59 Å². The highest BCUT2D eigenvalue weighted by molar-refractivity contribution is 6.31. The molecule has 0 bridgehead atoms. The predicted molar refractivity (Wildman–Crippen MR) is 151 cm³/mol. The van der Waals surface area contributed by atoms with Gasteiger partial charge in [-0.05, 0) is 94.4 Å². The molecule has 0 spiro atoms. The molecule has 198 valence electrons. The Kier molecular flexibility index (Phi) is 8.52. The van der Waals surface area contributed by atoms with E-state index in [4.69, 9.17) is 11.6 Å². The molecule has 8 heteroatoms. The predicted octanol–water partition coefficient (Wildman–Crippen LogP) is 5.47. The van der Waals surface area contributed by atoms with Gasteiger partial charge in [-0.25, -0.2) is 0 Å². The van der Waals surface area contributed by atoms with Crippen molar-refractivity contribution in [2.24, 2.45) is 11.8 Å². The molecule has 2 aliphatic rings. The molecule has 1 aromatic heterocycles. The largest absolute Gasteiger partial charge is 0.351 e. The molecule has 0 radical (unpaired) electrons. The molecule has 3 aromatic rings. The van der Waals surface area contributed by atoms with Gasteiger partial charge in [0.2, 0.25) is 0 Å². The number of halogens is 2. The van der Waals surface area contributed by atoms with Gasteiger partial charge < -0.3 is 20.1 Å². The number of aromatic amines is 1. The third-order valence-corrected chi connectivity index (χ3v) is 8.46. The Morgan fingerprint density at radius 2 is 1.57 bits per heavy atom. The SMILES string of the molecule is CN1CCC(C2CCN(C(=O)[C@@](C)(NC(=O)c3cc4cc(Cl)ccc4[nH]3)c3ccccc3)CC2)CC1.Cl. The Bertz CT molecular complexity index is 1230. The molecule has 2 fully saturated rings. The van der Waals surface area contributed by atoms with Gasteiger partial charge in [-0.2, -0.15) is 0 Å². The molecule has 6 nitrogen and oxygen atoms in total. The molecule has 0 saturated carbocycles. The third kappa shape index (κ3) is 5.82. The fraction of sp³-hybridized carbons (Fsp3) is 0.448. The Hall–Kier alpha value is -2.54. The van der Waals surface area contributed by atoms with Crippen molar-refractivity contribution < 1.29 is 9.59 Å². The van der Waals surface area contributed by atoms with Crippen molar-refractivity contribution in [3.8, 4) is 0 Å². The van der Waals surface area contributed by atoms with Crippen LogP contribution in [0.5, 0.6) is 0 Å². The summed E-state index contributed by atoms with van der Waals surface area (Å²) >= 11 is 6.12. The fourth-order valence-corrected chi connectivity index (χ4v) is 6.11. The summed E-state index contributed by atoms with van der Waals surface area (Å²) in [5.41, 5.74) is 0.838. The zero-order chi connectivity index (χ0) is 25.3. The first-order chi connectivity index (χ1) is 17.3. The molecule has 3 heterocycles. The minimum Gasteiger partial charge on any atom is -0.351 e. The van der Waals surface area contributed by atoms with Crippen LogP contribution in [0.15, 0.2) is 54.6 Å². The number of likely N-dealkylation sites (tertiary alicyclic amines) is 2. The van der Waals surface area contributed by atoms with Crippen LogP contribution in [0.4, 0.5) is 0 Å². The molecular weight excluding hydrogens is 507 g/mol. The van der Waals surface area contributed by atoms with E-state index < -0.39 is 5.54 Å². The number of nitrogens with zero attached hydrogens (tertiary/aromatic N) is 2. The molecule has 0 aliphatic carbocycles. The number of hydrogen-bond donors (Lipinski definition) is 2. The molecular formula is C29H36Cl2N4O2.